The lowest BCUT2D eigenvalue weighted by atomic mass is 10.2. The Morgan fingerprint density at radius 1 is 1.53 bits per heavy atom. The SMILES string of the molecule is CC(CNS(=O)(=O)c1ccccc1Cl)C(N)=S. The van der Waals surface area contributed by atoms with Crippen molar-refractivity contribution in [1.29, 1.82) is 0 Å². The van der Waals surface area contributed by atoms with Crippen molar-refractivity contribution in [3.8, 4) is 0 Å². The largest absolute Gasteiger partial charge is 0.393 e. The third-order valence-corrected chi connectivity index (χ3v) is 4.52. The first-order valence-electron chi connectivity index (χ1n) is 4.88. The van der Waals surface area contributed by atoms with Gasteiger partial charge in [0.2, 0.25) is 10.0 Å². The maximum atomic E-state index is 11.9. The highest BCUT2D eigenvalue weighted by molar-refractivity contribution is 7.89. The first kappa shape index (κ1) is 14.4. The number of halogens is 1. The summed E-state index contributed by atoms with van der Waals surface area (Å²) in [5.41, 5.74) is 5.40. The summed E-state index contributed by atoms with van der Waals surface area (Å²) in [4.78, 5) is 0.323. The zero-order valence-electron chi connectivity index (χ0n) is 9.18. The van der Waals surface area contributed by atoms with Gasteiger partial charge in [-0.25, -0.2) is 13.1 Å². The molecule has 94 valence electrons. The van der Waals surface area contributed by atoms with Crippen LogP contribution < -0.4 is 10.5 Å². The number of sulfonamides is 1. The maximum absolute atomic E-state index is 11.9. The van der Waals surface area contributed by atoms with E-state index in [0.717, 1.165) is 0 Å². The highest BCUT2D eigenvalue weighted by Gasteiger charge is 2.18. The Morgan fingerprint density at radius 3 is 2.65 bits per heavy atom. The predicted octanol–water partition coefficient (Wildman–Crippen LogP) is 1.54. The molecule has 0 fully saturated rings. The molecular formula is C10H13ClN2O2S2. The van der Waals surface area contributed by atoms with Crippen molar-refractivity contribution in [3.05, 3.63) is 29.3 Å². The van der Waals surface area contributed by atoms with Gasteiger partial charge in [-0.2, -0.15) is 0 Å². The average Bonchev–Trinajstić information content (AvgIpc) is 2.26. The molecule has 1 aromatic carbocycles. The van der Waals surface area contributed by atoms with Crippen molar-refractivity contribution in [3.63, 3.8) is 0 Å². The van der Waals surface area contributed by atoms with Gasteiger partial charge in [-0.3, -0.25) is 0 Å². The van der Waals surface area contributed by atoms with Crippen LogP contribution in [0, 0.1) is 5.92 Å². The summed E-state index contributed by atoms with van der Waals surface area (Å²) in [6, 6.07) is 6.24. The molecule has 1 unspecified atom stereocenters. The number of benzene rings is 1. The summed E-state index contributed by atoms with van der Waals surface area (Å²) in [7, 11) is -3.62. The fourth-order valence-electron chi connectivity index (χ4n) is 1.08. The minimum Gasteiger partial charge on any atom is -0.393 e. The monoisotopic (exact) mass is 292 g/mol. The summed E-state index contributed by atoms with van der Waals surface area (Å²) in [6.45, 7) is 1.90. The van der Waals surface area contributed by atoms with Gasteiger partial charge in [0.1, 0.15) is 4.90 Å². The van der Waals surface area contributed by atoms with Crippen LogP contribution >= 0.6 is 23.8 Å². The fourth-order valence-corrected chi connectivity index (χ4v) is 2.81. The smallest absolute Gasteiger partial charge is 0.242 e. The maximum Gasteiger partial charge on any atom is 0.242 e. The van der Waals surface area contributed by atoms with Gasteiger partial charge >= 0.3 is 0 Å². The van der Waals surface area contributed by atoms with Crippen LogP contribution in [0.2, 0.25) is 5.02 Å². The van der Waals surface area contributed by atoms with Crippen LogP contribution in [-0.4, -0.2) is 20.0 Å². The second-order valence-corrected chi connectivity index (χ2v) is 6.20. The molecule has 1 atom stereocenters. The molecule has 0 aliphatic carbocycles. The van der Waals surface area contributed by atoms with Gasteiger partial charge in [-0.1, -0.05) is 42.9 Å². The van der Waals surface area contributed by atoms with Crippen molar-refractivity contribution in [2.45, 2.75) is 11.8 Å². The minimum absolute atomic E-state index is 0.0526. The van der Waals surface area contributed by atoms with E-state index in [4.69, 9.17) is 29.6 Å². The van der Waals surface area contributed by atoms with Crippen LogP contribution in [0.1, 0.15) is 6.92 Å². The van der Waals surface area contributed by atoms with E-state index in [0.29, 0.717) is 0 Å². The number of hydrogen-bond donors (Lipinski definition) is 2. The van der Waals surface area contributed by atoms with Gasteiger partial charge < -0.3 is 5.73 Å². The third-order valence-electron chi connectivity index (χ3n) is 2.19. The third kappa shape index (κ3) is 3.92. The molecule has 0 radical (unpaired) electrons. The summed E-state index contributed by atoms with van der Waals surface area (Å²) in [5, 5.41) is 0.183. The van der Waals surface area contributed by atoms with E-state index in [1.54, 1.807) is 19.1 Å². The topological polar surface area (TPSA) is 72.2 Å². The van der Waals surface area contributed by atoms with Crippen molar-refractivity contribution in [1.82, 2.24) is 4.72 Å². The summed E-state index contributed by atoms with van der Waals surface area (Å²) in [5.74, 6) is -0.206. The van der Waals surface area contributed by atoms with Crippen LogP contribution in [0.25, 0.3) is 0 Å². The Kier molecular flexibility index (Phi) is 4.88. The summed E-state index contributed by atoms with van der Waals surface area (Å²) in [6.07, 6.45) is 0. The molecule has 0 saturated heterocycles. The van der Waals surface area contributed by atoms with Crippen molar-refractivity contribution in [2.24, 2.45) is 11.7 Å². The zero-order chi connectivity index (χ0) is 13.1. The lowest BCUT2D eigenvalue weighted by Gasteiger charge is -2.12. The van der Waals surface area contributed by atoms with E-state index in [9.17, 15) is 8.42 Å². The number of thiocarbonyl (C=S) groups is 1. The molecule has 0 saturated carbocycles. The Labute approximate surface area is 111 Å². The number of hydrogen-bond acceptors (Lipinski definition) is 3. The number of rotatable bonds is 5. The second-order valence-electron chi connectivity index (χ2n) is 3.59. The summed E-state index contributed by atoms with van der Waals surface area (Å²) >= 11 is 10.6. The van der Waals surface area contributed by atoms with Crippen molar-refractivity contribution in [2.75, 3.05) is 6.54 Å². The Morgan fingerprint density at radius 2 is 2.12 bits per heavy atom. The highest BCUT2D eigenvalue weighted by atomic mass is 35.5. The molecule has 0 aliphatic rings. The second kappa shape index (κ2) is 5.77. The number of nitrogens with one attached hydrogen (secondary N) is 1. The Hall–Kier alpha value is -0.690. The van der Waals surface area contributed by atoms with Gasteiger partial charge in [0.05, 0.1) is 10.0 Å². The van der Waals surface area contributed by atoms with Crippen LogP contribution in [0.3, 0.4) is 0 Å². The van der Waals surface area contributed by atoms with Gasteiger partial charge in [0.25, 0.3) is 0 Å². The molecule has 0 heterocycles. The van der Waals surface area contributed by atoms with Crippen molar-refractivity contribution < 1.29 is 8.42 Å². The van der Waals surface area contributed by atoms with E-state index in [1.165, 1.54) is 12.1 Å². The van der Waals surface area contributed by atoms with Crippen molar-refractivity contribution >= 4 is 38.8 Å². The van der Waals surface area contributed by atoms with Gasteiger partial charge in [-0.15, -0.1) is 0 Å². The summed E-state index contributed by atoms with van der Waals surface area (Å²) < 4.78 is 26.2. The molecule has 0 spiro atoms. The normalized spacial score (nSPS) is 13.3. The molecule has 0 amide bonds. The minimum atomic E-state index is -3.62. The van der Waals surface area contributed by atoms with Crippen LogP contribution in [-0.2, 0) is 10.0 Å². The predicted molar refractivity (Wildman–Crippen MR) is 72.6 cm³/mol. The van der Waals surface area contributed by atoms with E-state index in [2.05, 4.69) is 4.72 Å². The Balaban J connectivity index is 2.84. The molecule has 4 nitrogen and oxygen atoms in total. The molecule has 0 bridgehead atoms. The lowest BCUT2D eigenvalue weighted by Crippen LogP contribution is -2.33. The Bertz CT molecular complexity index is 517. The molecule has 7 heteroatoms. The van der Waals surface area contributed by atoms with Crippen LogP contribution in [0.4, 0.5) is 0 Å². The van der Waals surface area contributed by atoms with E-state index >= 15 is 0 Å². The molecule has 0 aliphatic heterocycles. The first-order valence-corrected chi connectivity index (χ1v) is 7.15. The van der Waals surface area contributed by atoms with Gasteiger partial charge in [0.15, 0.2) is 0 Å². The molecule has 3 N–H and O–H groups in total. The highest BCUT2D eigenvalue weighted by Crippen LogP contribution is 2.20. The molecule has 17 heavy (non-hydrogen) atoms. The fraction of sp³-hybridized carbons (Fsp3) is 0.300. The van der Waals surface area contributed by atoms with E-state index < -0.39 is 10.0 Å². The molecular weight excluding hydrogens is 280 g/mol. The molecule has 1 aromatic rings. The number of nitrogens with two attached hydrogens (primary N) is 1. The standard InChI is InChI=1S/C10H13ClN2O2S2/c1-7(10(12)16)6-13-17(14,15)9-5-3-2-4-8(9)11/h2-5,7,13H,6H2,1H3,(H2,12,16). The van der Waals surface area contributed by atoms with Crippen LogP contribution in [0.5, 0.6) is 0 Å². The van der Waals surface area contributed by atoms with E-state index in [1.807, 2.05) is 0 Å². The average molecular weight is 293 g/mol. The first-order chi connectivity index (χ1) is 7.84. The zero-order valence-corrected chi connectivity index (χ0v) is 11.6. The van der Waals surface area contributed by atoms with Crippen LogP contribution in [0.15, 0.2) is 29.2 Å². The molecule has 1 rings (SSSR count). The molecule has 0 aromatic heterocycles. The lowest BCUT2D eigenvalue weighted by molar-refractivity contribution is 0.575. The quantitative estimate of drug-likeness (QED) is 0.808. The van der Waals surface area contributed by atoms with Gasteiger partial charge in [0, 0.05) is 12.5 Å². The van der Waals surface area contributed by atoms with Gasteiger partial charge in [-0.05, 0) is 12.1 Å². The van der Waals surface area contributed by atoms with E-state index in [-0.39, 0.29) is 27.4 Å².